The second-order valence-corrected chi connectivity index (χ2v) is 4.29. The second kappa shape index (κ2) is 4.59. The average molecular weight is 268 g/mol. The average Bonchev–Trinajstić information content (AvgIpc) is 2.96. The molecule has 0 radical (unpaired) electrons. The predicted octanol–water partition coefficient (Wildman–Crippen LogP) is 1.10. The normalized spacial score (nSPS) is 17.1. The molecule has 1 unspecified atom stereocenters. The van der Waals surface area contributed by atoms with Crippen LogP contribution >= 0.6 is 0 Å². The first kappa shape index (κ1) is 12.0. The number of nitrogens with one attached hydrogen (secondary N) is 1. The smallest absolute Gasteiger partial charge is 0.231 e. The van der Waals surface area contributed by atoms with E-state index in [1.807, 2.05) is 24.3 Å². The number of aromatic nitrogens is 3. The summed E-state index contributed by atoms with van der Waals surface area (Å²) in [5.41, 5.74) is 7.34. The highest BCUT2D eigenvalue weighted by Gasteiger charge is 2.27. The van der Waals surface area contributed by atoms with E-state index < -0.39 is 0 Å². The third-order valence-corrected chi connectivity index (χ3v) is 3.21. The van der Waals surface area contributed by atoms with Crippen molar-refractivity contribution in [1.82, 2.24) is 14.8 Å². The Morgan fingerprint density at radius 2 is 2.15 bits per heavy atom. The number of nitrogens with zero attached hydrogens (tertiary/aromatic N) is 4. The van der Waals surface area contributed by atoms with Crippen LogP contribution in [0.3, 0.4) is 0 Å². The molecule has 7 heteroatoms. The number of hydrogen-bond donors (Lipinski definition) is 2. The summed E-state index contributed by atoms with van der Waals surface area (Å²) >= 11 is 0. The van der Waals surface area contributed by atoms with Crippen LogP contribution in [0.25, 0.3) is 5.82 Å². The first-order valence-electron chi connectivity index (χ1n) is 5.95. The van der Waals surface area contributed by atoms with Crippen molar-refractivity contribution >= 4 is 11.8 Å². The number of nitriles is 1. The molecule has 7 nitrogen and oxygen atoms in total. The topological polar surface area (TPSA) is 102 Å². The minimum atomic E-state index is -0.345. The Hall–Kier alpha value is -3.01. The molecule has 1 atom stereocenters. The molecule has 2 aromatic rings. The van der Waals surface area contributed by atoms with Crippen LogP contribution in [0.5, 0.6) is 5.75 Å². The summed E-state index contributed by atoms with van der Waals surface area (Å²) in [6, 6.07) is 9.24. The largest absolute Gasteiger partial charge is 0.497 e. The number of anilines is 1. The van der Waals surface area contributed by atoms with Crippen molar-refractivity contribution < 1.29 is 4.74 Å². The van der Waals surface area contributed by atoms with Gasteiger partial charge in [0.25, 0.3) is 0 Å². The number of nitrogens with two attached hydrogens (primary N) is 1. The lowest BCUT2D eigenvalue weighted by molar-refractivity contribution is 0.414. The first-order valence-corrected chi connectivity index (χ1v) is 5.95. The lowest BCUT2D eigenvalue weighted by Crippen LogP contribution is -2.26. The van der Waals surface area contributed by atoms with Crippen molar-refractivity contribution in [2.75, 3.05) is 12.4 Å². The van der Waals surface area contributed by atoms with Gasteiger partial charge in [0.1, 0.15) is 24.0 Å². The highest BCUT2D eigenvalue weighted by molar-refractivity contribution is 5.65. The van der Waals surface area contributed by atoms with E-state index in [1.54, 1.807) is 11.7 Å². The summed E-state index contributed by atoms with van der Waals surface area (Å²) in [4.78, 5) is 0. The van der Waals surface area contributed by atoms with Crippen LogP contribution in [0.15, 0.2) is 36.2 Å². The third-order valence-electron chi connectivity index (χ3n) is 3.21. The maximum absolute atomic E-state index is 9.35. The lowest BCUT2D eigenvalue weighted by atomic mass is 9.98. The summed E-state index contributed by atoms with van der Waals surface area (Å²) in [6.45, 7) is 0. The molecular formula is C13H12N6O. The molecule has 1 aromatic heterocycles. The molecule has 3 rings (SSSR count). The highest BCUT2D eigenvalue weighted by atomic mass is 16.5. The van der Waals surface area contributed by atoms with Crippen LogP contribution in [-0.4, -0.2) is 21.9 Å². The van der Waals surface area contributed by atoms with Gasteiger partial charge in [-0.1, -0.05) is 12.1 Å². The van der Waals surface area contributed by atoms with Gasteiger partial charge in [0.2, 0.25) is 5.95 Å². The fourth-order valence-corrected chi connectivity index (χ4v) is 2.16. The second-order valence-electron chi connectivity index (χ2n) is 4.29. The predicted molar refractivity (Wildman–Crippen MR) is 72.4 cm³/mol. The summed E-state index contributed by atoms with van der Waals surface area (Å²) in [7, 11) is 1.61. The zero-order chi connectivity index (χ0) is 14.1. The van der Waals surface area contributed by atoms with E-state index in [2.05, 4.69) is 21.6 Å². The fraction of sp³-hybridized carbons (Fsp3) is 0.154. The Balaban J connectivity index is 2.05. The van der Waals surface area contributed by atoms with Crippen molar-refractivity contribution in [1.29, 1.82) is 5.26 Å². The Kier molecular flexibility index (Phi) is 2.76. The SMILES string of the molecule is COc1ccc(C2Nc3nncn3C(N)=C2C#N)cc1. The van der Waals surface area contributed by atoms with Gasteiger partial charge in [0.05, 0.1) is 18.7 Å². The Labute approximate surface area is 115 Å². The van der Waals surface area contributed by atoms with Crippen molar-refractivity contribution in [3.63, 3.8) is 0 Å². The van der Waals surface area contributed by atoms with Gasteiger partial charge in [-0.2, -0.15) is 5.26 Å². The van der Waals surface area contributed by atoms with E-state index in [9.17, 15) is 5.26 Å². The number of rotatable bonds is 2. The van der Waals surface area contributed by atoms with Gasteiger partial charge >= 0.3 is 0 Å². The van der Waals surface area contributed by atoms with Gasteiger partial charge in [-0.05, 0) is 17.7 Å². The maximum atomic E-state index is 9.35. The van der Waals surface area contributed by atoms with Gasteiger partial charge in [-0.25, -0.2) is 0 Å². The molecule has 20 heavy (non-hydrogen) atoms. The molecule has 0 spiro atoms. The zero-order valence-corrected chi connectivity index (χ0v) is 10.7. The molecule has 100 valence electrons. The fourth-order valence-electron chi connectivity index (χ4n) is 2.16. The van der Waals surface area contributed by atoms with E-state index in [1.165, 1.54) is 6.33 Å². The summed E-state index contributed by atoms with van der Waals surface area (Å²) in [6.07, 6.45) is 1.47. The monoisotopic (exact) mass is 268 g/mol. The van der Waals surface area contributed by atoms with E-state index in [0.717, 1.165) is 11.3 Å². The quantitative estimate of drug-likeness (QED) is 0.845. The molecule has 0 bridgehead atoms. The minimum absolute atomic E-state index is 0.340. The molecule has 0 saturated heterocycles. The van der Waals surface area contributed by atoms with Crippen LogP contribution in [0, 0.1) is 11.3 Å². The lowest BCUT2D eigenvalue weighted by Gasteiger charge is -2.25. The van der Waals surface area contributed by atoms with Crippen molar-refractivity contribution in [2.24, 2.45) is 5.73 Å². The molecule has 1 aliphatic heterocycles. The molecule has 0 aliphatic carbocycles. The van der Waals surface area contributed by atoms with Crippen LogP contribution in [0.4, 0.5) is 5.95 Å². The number of ether oxygens (including phenoxy) is 1. The number of fused-ring (bicyclic) bond motifs is 1. The van der Waals surface area contributed by atoms with Crippen LogP contribution in [-0.2, 0) is 0 Å². The van der Waals surface area contributed by atoms with Crippen LogP contribution in [0.1, 0.15) is 11.6 Å². The molecule has 3 N–H and O–H groups in total. The van der Waals surface area contributed by atoms with Gasteiger partial charge < -0.3 is 15.8 Å². The van der Waals surface area contributed by atoms with Crippen LogP contribution in [0.2, 0.25) is 0 Å². The molecular weight excluding hydrogens is 256 g/mol. The molecule has 0 amide bonds. The highest BCUT2D eigenvalue weighted by Crippen LogP contribution is 2.33. The van der Waals surface area contributed by atoms with E-state index >= 15 is 0 Å². The van der Waals surface area contributed by atoms with Gasteiger partial charge in [-0.15, -0.1) is 10.2 Å². The molecule has 0 fully saturated rings. The molecule has 0 saturated carbocycles. The number of methoxy groups -OCH3 is 1. The van der Waals surface area contributed by atoms with Crippen molar-refractivity contribution in [3.8, 4) is 11.8 Å². The molecule has 1 aromatic carbocycles. The summed E-state index contributed by atoms with van der Waals surface area (Å²) < 4.78 is 6.68. The van der Waals surface area contributed by atoms with Crippen molar-refractivity contribution in [3.05, 3.63) is 41.7 Å². The van der Waals surface area contributed by atoms with Gasteiger partial charge in [0.15, 0.2) is 0 Å². The van der Waals surface area contributed by atoms with Gasteiger partial charge in [0, 0.05) is 0 Å². The Morgan fingerprint density at radius 1 is 1.40 bits per heavy atom. The van der Waals surface area contributed by atoms with E-state index in [4.69, 9.17) is 10.5 Å². The third kappa shape index (κ3) is 1.75. The Bertz CT molecular complexity index is 709. The van der Waals surface area contributed by atoms with E-state index in [0.29, 0.717) is 17.3 Å². The van der Waals surface area contributed by atoms with E-state index in [-0.39, 0.29) is 6.04 Å². The van der Waals surface area contributed by atoms with Gasteiger partial charge in [-0.3, -0.25) is 4.57 Å². The summed E-state index contributed by atoms with van der Waals surface area (Å²) in [5.74, 6) is 1.61. The molecule has 1 aliphatic rings. The minimum Gasteiger partial charge on any atom is -0.497 e. The maximum Gasteiger partial charge on any atom is 0.231 e. The standard InChI is InChI=1S/C13H12N6O/c1-20-9-4-2-8(3-5-9)11-10(6-14)12(15)19-7-16-18-13(19)17-11/h2-5,7,11H,15H2,1H3,(H,17,18). The van der Waals surface area contributed by atoms with Crippen LogP contribution < -0.4 is 15.8 Å². The number of benzene rings is 1. The summed E-state index contributed by atoms with van der Waals surface area (Å²) in [5, 5.41) is 20.2. The number of hydrogen-bond acceptors (Lipinski definition) is 6. The Morgan fingerprint density at radius 3 is 2.80 bits per heavy atom. The first-order chi connectivity index (χ1) is 9.74. The van der Waals surface area contributed by atoms with Crippen molar-refractivity contribution in [2.45, 2.75) is 6.04 Å². The molecule has 2 heterocycles. The zero-order valence-electron chi connectivity index (χ0n) is 10.7.